The number of aryl methyl sites for hydroxylation is 2. The van der Waals surface area contributed by atoms with E-state index in [0.717, 1.165) is 41.9 Å². The van der Waals surface area contributed by atoms with Crippen LogP contribution in [-0.2, 0) is 16.0 Å². The van der Waals surface area contributed by atoms with Gasteiger partial charge in [-0.05, 0) is 20.3 Å². The highest BCUT2D eigenvalue weighted by molar-refractivity contribution is 7.11. The number of ether oxygens (including phenoxy) is 1. The van der Waals surface area contributed by atoms with E-state index in [4.69, 9.17) is 4.74 Å². The van der Waals surface area contributed by atoms with E-state index in [0.29, 0.717) is 32.5 Å². The highest BCUT2D eigenvalue weighted by Gasteiger charge is 2.39. The largest absolute Gasteiger partial charge is 0.387 e. The van der Waals surface area contributed by atoms with Gasteiger partial charge in [-0.15, -0.1) is 11.3 Å². The Hall–Kier alpha value is -1.02. The first-order chi connectivity index (χ1) is 11.0. The number of morpholine rings is 1. The molecule has 0 aliphatic carbocycles. The second-order valence-corrected chi connectivity index (χ2v) is 7.88. The molecule has 3 rings (SSSR count). The summed E-state index contributed by atoms with van der Waals surface area (Å²) in [7, 11) is 0. The van der Waals surface area contributed by atoms with E-state index in [9.17, 15) is 9.90 Å². The molecule has 7 heteroatoms. The number of carbonyl (C=O) groups excluding carboxylic acids is 1. The second-order valence-electron chi connectivity index (χ2n) is 6.60. The van der Waals surface area contributed by atoms with Gasteiger partial charge in [-0.25, -0.2) is 4.98 Å². The molecular formula is C16H25N3O3S. The fourth-order valence-corrected chi connectivity index (χ4v) is 4.29. The van der Waals surface area contributed by atoms with Gasteiger partial charge in [0.1, 0.15) is 0 Å². The van der Waals surface area contributed by atoms with Gasteiger partial charge in [-0.2, -0.15) is 0 Å². The van der Waals surface area contributed by atoms with Gasteiger partial charge in [0.25, 0.3) is 0 Å². The molecule has 0 radical (unpaired) electrons. The number of hydrogen-bond acceptors (Lipinski definition) is 6. The molecule has 0 saturated carbocycles. The highest BCUT2D eigenvalue weighted by atomic mass is 32.1. The number of hydrogen-bond donors (Lipinski definition) is 1. The number of thiazole rings is 1. The molecule has 2 aliphatic rings. The van der Waals surface area contributed by atoms with Crippen molar-refractivity contribution < 1.29 is 14.6 Å². The number of likely N-dealkylation sites (tertiary alicyclic amines) is 1. The standard InChI is InChI=1S/C16H25N3O3S/c1-12-14(23-13(2)17-12)9-15(20)19-4-3-16(21,11-19)10-18-5-7-22-8-6-18/h21H,3-11H2,1-2H3/t16-/m0/s1. The van der Waals surface area contributed by atoms with Crippen molar-refractivity contribution in [2.45, 2.75) is 32.3 Å². The molecule has 2 saturated heterocycles. The molecule has 23 heavy (non-hydrogen) atoms. The minimum Gasteiger partial charge on any atom is -0.387 e. The maximum absolute atomic E-state index is 12.5. The lowest BCUT2D eigenvalue weighted by molar-refractivity contribution is -0.130. The molecule has 0 aromatic carbocycles. The fraction of sp³-hybridized carbons (Fsp3) is 0.750. The SMILES string of the molecule is Cc1nc(C)c(CC(=O)N2CC[C@](O)(CN3CCOCC3)C2)s1. The van der Waals surface area contributed by atoms with Gasteiger partial charge in [-0.1, -0.05) is 0 Å². The number of nitrogens with zero attached hydrogens (tertiary/aromatic N) is 3. The second kappa shape index (κ2) is 6.84. The molecule has 2 aliphatic heterocycles. The third kappa shape index (κ3) is 4.09. The van der Waals surface area contributed by atoms with E-state index in [1.807, 2.05) is 13.8 Å². The summed E-state index contributed by atoms with van der Waals surface area (Å²) in [6, 6.07) is 0. The molecule has 0 unspecified atom stereocenters. The number of rotatable bonds is 4. The third-order valence-electron chi connectivity index (χ3n) is 4.62. The van der Waals surface area contributed by atoms with E-state index < -0.39 is 5.60 Å². The smallest absolute Gasteiger partial charge is 0.227 e. The Balaban J connectivity index is 1.55. The molecule has 0 bridgehead atoms. The first-order valence-corrected chi connectivity index (χ1v) is 9.00. The Morgan fingerprint density at radius 2 is 2.09 bits per heavy atom. The Labute approximate surface area is 141 Å². The quantitative estimate of drug-likeness (QED) is 0.870. The zero-order chi connectivity index (χ0) is 16.4. The summed E-state index contributed by atoms with van der Waals surface area (Å²) in [6.45, 7) is 8.76. The van der Waals surface area contributed by atoms with Crippen molar-refractivity contribution in [2.24, 2.45) is 0 Å². The van der Waals surface area contributed by atoms with Crippen LogP contribution in [0.1, 0.15) is 22.0 Å². The van der Waals surface area contributed by atoms with Gasteiger partial charge in [0, 0.05) is 31.1 Å². The summed E-state index contributed by atoms with van der Waals surface area (Å²) >= 11 is 1.59. The molecule has 1 N–H and O–H groups in total. The Bertz CT molecular complexity index is 571. The van der Waals surface area contributed by atoms with E-state index in [2.05, 4.69) is 9.88 Å². The topological polar surface area (TPSA) is 65.9 Å². The lowest BCUT2D eigenvalue weighted by Crippen LogP contribution is -2.49. The van der Waals surface area contributed by atoms with Gasteiger partial charge >= 0.3 is 0 Å². The van der Waals surface area contributed by atoms with Crippen LogP contribution in [-0.4, -0.2) is 77.3 Å². The van der Waals surface area contributed by atoms with Crippen LogP contribution in [0.5, 0.6) is 0 Å². The first-order valence-electron chi connectivity index (χ1n) is 8.18. The van der Waals surface area contributed by atoms with Crippen LogP contribution in [0.4, 0.5) is 0 Å². The predicted octanol–water partition coefficient (Wildman–Crippen LogP) is 0.598. The molecule has 1 aromatic rings. The zero-order valence-corrected chi connectivity index (χ0v) is 14.7. The lowest BCUT2D eigenvalue weighted by Gasteiger charge is -2.33. The van der Waals surface area contributed by atoms with E-state index in [1.165, 1.54) is 0 Å². The minimum atomic E-state index is -0.786. The molecule has 0 spiro atoms. The van der Waals surface area contributed by atoms with Crippen LogP contribution in [0, 0.1) is 13.8 Å². The van der Waals surface area contributed by atoms with Crippen LogP contribution in [0.25, 0.3) is 0 Å². The fourth-order valence-electron chi connectivity index (χ4n) is 3.36. The number of amides is 1. The Kier molecular flexibility index (Phi) is 5.01. The maximum atomic E-state index is 12.5. The van der Waals surface area contributed by atoms with Gasteiger partial charge in [-0.3, -0.25) is 9.69 Å². The monoisotopic (exact) mass is 339 g/mol. The molecule has 2 fully saturated rings. The van der Waals surface area contributed by atoms with E-state index >= 15 is 0 Å². The van der Waals surface area contributed by atoms with Crippen molar-refractivity contribution in [3.8, 4) is 0 Å². The average Bonchev–Trinajstić information content (AvgIpc) is 3.03. The predicted molar refractivity (Wildman–Crippen MR) is 88.7 cm³/mol. The first kappa shape index (κ1) is 16.8. The molecule has 1 aromatic heterocycles. The molecule has 1 atom stereocenters. The van der Waals surface area contributed by atoms with Gasteiger partial charge < -0.3 is 14.7 Å². The summed E-state index contributed by atoms with van der Waals surface area (Å²) < 4.78 is 5.34. The average molecular weight is 339 g/mol. The summed E-state index contributed by atoms with van der Waals surface area (Å²) in [5.41, 5.74) is 0.162. The van der Waals surface area contributed by atoms with E-state index in [-0.39, 0.29) is 5.91 Å². The Morgan fingerprint density at radius 3 is 2.74 bits per heavy atom. The maximum Gasteiger partial charge on any atom is 0.227 e. The van der Waals surface area contributed by atoms with Crippen LogP contribution in [0.2, 0.25) is 0 Å². The van der Waals surface area contributed by atoms with Crippen LogP contribution in [0.15, 0.2) is 0 Å². The summed E-state index contributed by atoms with van der Waals surface area (Å²) in [4.78, 5) is 22.0. The van der Waals surface area contributed by atoms with Crippen molar-refractivity contribution in [2.75, 3.05) is 45.9 Å². The van der Waals surface area contributed by atoms with Gasteiger partial charge in [0.2, 0.25) is 5.91 Å². The lowest BCUT2D eigenvalue weighted by atomic mass is 10.0. The van der Waals surface area contributed by atoms with Crippen molar-refractivity contribution in [3.05, 3.63) is 15.6 Å². The molecule has 128 valence electrons. The van der Waals surface area contributed by atoms with Crippen LogP contribution in [0.3, 0.4) is 0 Å². The molecule has 6 nitrogen and oxygen atoms in total. The third-order valence-corrected chi connectivity index (χ3v) is 5.69. The minimum absolute atomic E-state index is 0.0923. The number of β-amino-alcohol motifs (C(OH)–C–C–N with tert-alkyl or cyclic N) is 1. The number of aromatic nitrogens is 1. The van der Waals surface area contributed by atoms with Crippen LogP contribution >= 0.6 is 11.3 Å². The van der Waals surface area contributed by atoms with Crippen molar-refractivity contribution in [3.63, 3.8) is 0 Å². The number of aliphatic hydroxyl groups is 1. The molecule has 1 amide bonds. The highest BCUT2D eigenvalue weighted by Crippen LogP contribution is 2.25. The van der Waals surface area contributed by atoms with Crippen molar-refractivity contribution in [1.82, 2.24) is 14.8 Å². The van der Waals surface area contributed by atoms with Crippen molar-refractivity contribution >= 4 is 17.2 Å². The normalized spacial score (nSPS) is 26.0. The summed E-state index contributed by atoms with van der Waals surface area (Å²) in [5, 5.41) is 11.8. The zero-order valence-electron chi connectivity index (χ0n) is 13.9. The Morgan fingerprint density at radius 1 is 1.35 bits per heavy atom. The van der Waals surface area contributed by atoms with E-state index in [1.54, 1.807) is 16.2 Å². The summed E-state index contributed by atoms with van der Waals surface area (Å²) in [6.07, 6.45) is 1.04. The summed E-state index contributed by atoms with van der Waals surface area (Å²) in [5.74, 6) is 0.0923. The van der Waals surface area contributed by atoms with Gasteiger partial charge in [0.05, 0.1) is 42.5 Å². The van der Waals surface area contributed by atoms with Gasteiger partial charge in [0.15, 0.2) is 0 Å². The van der Waals surface area contributed by atoms with Crippen molar-refractivity contribution in [1.29, 1.82) is 0 Å². The van der Waals surface area contributed by atoms with Crippen LogP contribution < -0.4 is 0 Å². The molecular weight excluding hydrogens is 314 g/mol. The number of carbonyl (C=O) groups is 1. The molecule has 3 heterocycles.